The van der Waals surface area contributed by atoms with E-state index < -0.39 is 0 Å². The van der Waals surface area contributed by atoms with Gasteiger partial charge in [0, 0.05) is 6.42 Å². The number of carbonyl (C=O) groups is 3. The average Bonchev–Trinajstić information content (AvgIpc) is 2.01. The van der Waals surface area contributed by atoms with Gasteiger partial charge in [-0.3, -0.25) is 14.4 Å². The molecule has 0 bridgehead atoms. The van der Waals surface area contributed by atoms with Gasteiger partial charge in [-0.15, -0.1) is 0 Å². The number of ketones is 2. The fourth-order valence-electron chi connectivity index (χ4n) is 1.14. The molecule has 1 amide bonds. The summed E-state index contributed by atoms with van der Waals surface area (Å²) in [7, 11) is 0. The van der Waals surface area contributed by atoms with Crippen molar-refractivity contribution in [1.82, 2.24) is 4.90 Å². The van der Waals surface area contributed by atoms with Gasteiger partial charge in [0.1, 0.15) is 11.6 Å². The molecule has 0 heterocycles. The zero-order valence-electron chi connectivity index (χ0n) is 9.00. The van der Waals surface area contributed by atoms with E-state index in [0.717, 1.165) is 6.42 Å². The van der Waals surface area contributed by atoms with E-state index in [0.29, 0.717) is 6.42 Å². The minimum Gasteiger partial charge on any atom is -0.328 e. The first-order chi connectivity index (χ1) is 6.47. The lowest BCUT2D eigenvalue weighted by atomic mass is 10.2. The maximum absolute atomic E-state index is 11.4. The summed E-state index contributed by atoms with van der Waals surface area (Å²) in [5.74, 6) is -0.329. The first-order valence-corrected chi connectivity index (χ1v) is 4.74. The standard InChI is InChI=1S/C10H17NO3/c1-4-5-10(14)11(6-8(2)12)7-9(3)13/h4-7H2,1-3H3. The Hall–Kier alpha value is -1.19. The van der Waals surface area contributed by atoms with Crippen LogP contribution in [0.3, 0.4) is 0 Å². The largest absolute Gasteiger partial charge is 0.328 e. The molecule has 0 saturated heterocycles. The SMILES string of the molecule is CCCC(=O)N(CC(C)=O)CC(C)=O. The Morgan fingerprint density at radius 3 is 1.71 bits per heavy atom. The molecule has 0 fully saturated rings. The number of rotatable bonds is 6. The zero-order chi connectivity index (χ0) is 11.1. The molecular formula is C10H17NO3. The third kappa shape index (κ3) is 5.45. The van der Waals surface area contributed by atoms with Crippen molar-refractivity contribution in [3.05, 3.63) is 0 Å². The van der Waals surface area contributed by atoms with Crippen molar-refractivity contribution >= 4 is 17.5 Å². The fourth-order valence-corrected chi connectivity index (χ4v) is 1.14. The maximum Gasteiger partial charge on any atom is 0.223 e. The van der Waals surface area contributed by atoms with Crippen LogP contribution in [0.1, 0.15) is 33.6 Å². The minimum atomic E-state index is -0.127. The predicted octanol–water partition coefficient (Wildman–Crippen LogP) is 0.793. The first-order valence-electron chi connectivity index (χ1n) is 4.74. The Bertz CT molecular complexity index is 220. The van der Waals surface area contributed by atoms with Crippen molar-refractivity contribution in [3.63, 3.8) is 0 Å². The van der Waals surface area contributed by atoms with E-state index in [1.165, 1.54) is 18.7 Å². The van der Waals surface area contributed by atoms with E-state index in [2.05, 4.69) is 0 Å². The molecule has 0 aliphatic heterocycles. The summed E-state index contributed by atoms with van der Waals surface area (Å²) in [5.41, 5.74) is 0. The zero-order valence-corrected chi connectivity index (χ0v) is 9.00. The molecule has 80 valence electrons. The number of hydrogen-bond acceptors (Lipinski definition) is 3. The van der Waals surface area contributed by atoms with E-state index >= 15 is 0 Å². The van der Waals surface area contributed by atoms with Gasteiger partial charge in [-0.1, -0.05) is 6.92 Å². The Morgan fingerprint density at radius 1 is 1.00 bits per heavy atom. The summed E-state index contributed by atoms with van der Waals surface area (Å²) < 4.78 is 0. The van der Waals surface area contributed by atoms with E-state index in [-0.39, 0.29) is 30.6 Å². The molecule has 0 aromatic heterocycles. The van der Waals surface area contributed by atoms with Crippen LogP contribution >= 0.6 is 0 Å². The second-order valence-electron chi connectivity index (χ2n) is 3.40. The lowest BCUT2D eigenvalue weighted by Gasteiger charge is -2.19. The van der Waals surface area contributed by atoms with Crippen LogP contribution in [-0.2, 0) is 14.4 Å². The normalized spacial score (nSPS) is 9.64. The number of hydrogen-bond donors (Lipinski definition) is 0. The fraction of sp³-hybridized carbons (Fsp3) is 0.700. The molecule has 0 atom stereocenters. The van der Waals surface area contributed by atoms with Gasteiger partial charge in [0.25, 0.3) is 0 Å². The van der Waals surface area contributed by atoms with Crippen LogP contribution in [0.2, 0.25) is 0 Å². The van der Waals surface area contributed by atoms with Gasteiger partial charge in [0.05, 0.1) is 13.1 Å². The van der Waals surface area contributed by atoms with Crippen molar-refractivity contribution in [2.75, 3.05) is 13.1 Å². The van der Waals surface area contributed by atoms with Gasteiger partial charge in [-0.2, -0.15) is 0 Å². The van der Waals surface area contributed by atoms with Crippen LogP contribution in [0, 0.1) is 0 Å². The molecule has 0 rings (SSSR count). The van der Waals surface area contributed by atoms with E-state index in [1.807, 2.05) is 6.92 Å². The van der Waals surface area contributed by atoms with Gasteiger partial charge in [0.2, 0.25) is 5.91 Å². The summed E-state index contributed by atoms with van der Waals surface area (Å²) in [5, 5.41) is 0. The van der Waals surface area contributed by atoms with Crippen molar-refractivity contribution in [3.8, 4) is 0 Å². The maximum atomic E-state index is 11.4. The van der Waals surface area contributed by atoms with Gasteiger partial charge in [-0.05, 0) is 20.3 Å². The van der Waals surface area contributed by atoms with Crippen molar-refractivity contribution in [1.29, 1.82) is 0 Å². The predicted molar refractivity (Wildman–Crippen MR) is 52.9 cm³/mol. The second kappa shape index (κ2) is 6.29. The van der Waals surface area contributed by atoms with Gasteiger partial charge in [0.15, 0.2) is 0 Å². The quantitative estimate of drug-likeness (QED) is 0.635. The number of Topliss-reactive ketones (excluding diaryl/α,β-unsaturated/α-hetero) is 2. The molecule has 0 aliphatic carbocycles. The van der Waals surface area contributed by atoms with Gasteiger partial charge in [-0.25, -0.2) is 0 Å². The molecule has 0 aromatic rings. The highest BCUT2D eigenvalue weighted by Crippen LogP contribution is 1.98. The molecule has 0 N–H and O–H groups in total. The van der Waals surface area contributed by atoms with Crippen LogP contribution < -0.4 is 0 Å². The smallest absolute Gasteiger partial charge is 0.223 e. The molecule has 4 heteroatoms. The summed E-state index contributed by atoms with van der Waals surface area (Å²) in [6.07, 6.45) is 1.12. The summed E-state index contributed by atoms with van der Waals surface area (Å²) in [4.78, 5) is 34.4. The Labute approximate surface area is 84.3 Å². The molecule has 4 nitrogen and oxygen atoms in total. The van der Waals surface area contributed by atoms with Crippen LogP contribution in [0.4, 0.5) is 0 Å². The lowest BCUT2D eigenvalue weighted by molar-refractivity contribution is -0.137. The number of nitrogens with zero attached hydrogens (tertiary/aromatic N) is 1. The van der Waals surface area contributed by atoms with Crippen LogP contribution in [0.5, 0.6) is 0 Å². The molecule has 0 aromatic carbocycles. The molecule has 14 heavy (non-hydrogen) atoms. The van der Waals surface area contributed by atoms with E-state index in [9.17, 15) is 14.4 Å². The molecule has 0 spiro atoms. The molecular weight excluding hydrogens is 182 g/mol. The highest BCUT2D eigenvalue weighted by molar-refractivity contribution is 5.88. The third-order valence-corrected chi connectivity index (χ3v) is 1.64. The van der Waals surface area contributed by atoms with E-state index in [1.54, 1.807) is 0 Å². The molecule has 0 saturated carbocycles. The Balaban J connectivity index is 4.29. The van der Waals surface area contributed by atoms with Crippen LogP contribution in [-0.4, -0.2) is 35.5 Å². The summed E-state index contributed by atoms with van der Waals surface area (Å²) >= 11 is 0. The van der Waals surface area contributed by atoms with E-state index in [4.69, 9.17) is 0 Å². The topological polar surface area (TPSA) is 54.5 Å². The van der Waals surface area contributed by atoms with Gasteiger partial charge < -0.3 is 4.90 Å². The van der Waals surface area contributed by atoms with Gasteiger partial charge >= 0.3 is 0 Å². The average molecular weight is 199 g/mol. The summed E-state index contributed by atoms with van der Waals surface area (Å²) in [6.45, 7) is 4.78. The van der Waals surface area contributed by atoms with Crippen molar-refractivity contribution in [2.24, 2.45) is 0 Å². The molecule has 0 unspecified atom stereocenters. The van der Waals surface area contributed by atoms with Crippen molar-refractivity contribution < 1.29 is 14.4 Å². The highest BCUT2D eigenvalue weighted by Gasteiger charge is 2.15. The Morgan fingerprint density at radius 2 is 1.43 bits per heavy atom. The lowest BCUT2D eigenvalue weighted by Crippen LogP contribution is -2.38. The third-order valence-electron chi connectivity index (χ3n) is 1.64. The van der Waals surface area contributed by atoms with Crippen LogP contribution in [0.15, 0.2) is 0 Å². The number of carbonyl (C=O) groups excluding carboxylic acids is 3. The summed E-state index contributed by atoms with van der Waals surface area (Å²) in [6, 6.07) is 0. The number of amides is 1. The second-order valence-corrected chi connectivity index (χ2v) is 3.40. The van der Waals surface area contributed by atoms with Crippen molar-refractivity contribution in [2.45, 2.75) is 33.6 Å². The Kier molecular flexibility index (Phi) is 5.76. The highest BCUT2D eigenvalue weighted by atomic mass is 16.2. The molecule has 0 radical (unpaired) electrons. The van der Waals surface area contributed by atoms with Crippen LogP contribution in [0.25, 0.3) is 0 Å². The monoisotopic (exact) mass is 199 g/mol. The minimum absolute atomic E-state index is 0.0401. The molecule has 0 aliphatic rings. The first kappa shape index (κ1) is 12.8.